The Morgan fingerprint density at radius 3 is 2.90 bits per heavy atom. The molecule has 0 atom stereocenters. The first-order valence-electron chi connectivity index (χ1n) is 2.68. The monoisotopic (exact) mass is 157 g/mol. The number of hydrogen-bond acceptors (Lipinski definition) is 3. The summed E-state index contributed by atoms with van der Waals surface area (Å²) in [5.74, 6) is 0.511. The van der Waals surface area contributed by atoms with Crippen molar-refractivity contribution in [1.29, 1.82) is 0 Å². The Balaban J connectivity index is 2.84. The van der Waals surface area contributed by atoms with Gasteiger partial charge in [0, 0.05) is 11.8 Å². The number of hydrogen-bond donors (Lipinski definition) is 2. The summed E-state index contributed by atoms with van der Waals surface area (Å²) in [6.07, 6.45) is 0. The molecule has 1 aromatic carbocycles. The van der Waals surface area contributed by atoms with Crippen LogP contribution < -0.4 is 9.92 Å². The minimum atomic E-state index is -0.358. The standard InChI is InChI=1S/C6H7NO2S/c7-5-2-1-3-6(4-5)9-10-8/h1-4,10H,7H2. The van der Waals surface area contributed by atoms with Crippen molar-refractivity contribution < 1.29 is 8.39 Å². The van der Waals surface area contributed by atoms with Gasteiger partial charge in [-0.2, -0.15) is 0 Å². The summed E-state index contributed by atoms with van der Waals surface area (Å²) in [4.78, 5) is 0. The summed E-state index contributed by atoms with van der Waals surface area (Å²) in [6.45, 7) is 0. The predicted octanol–water partition coefficient (Wildman–Crippen LogP) is 0.508. The van der Waals surface area contributed by atoms with Crippen molar-refractivity contribution in [2.75, 3.05) is 5.73 Å². The second-order valence-electron chi connectivity index (χ2n) is 1.74. The zero-order chi connectivity index (χ0) is 7.40. The van der Waals surface area contributed by atoms with Crippen LogP contribution in [0.2, 0.25) is 0 Å². The molecule has 0 bridgehead atoms. The van der Waals surface area contributed by atoms with Crippen LogP contribution >= 0.6 is 0 Å². The first-order valence-corrected chi connectivity index (χ1v) is 3.41. The molecule has 1 rings (SSSR count). The van der Waals surface area contributed by atoms with Crippen molar-refractivity contribution in [2.24, 2.45) is 0 Å². The third-order valence-electron chi connectivity index (χ3n) is 1.00. The Morgan fingerprint density at radius 1 is 1.50 bits per heavy atom. The topological polar surface area (TPSA) is 52.3 Å². The van der Waals surface area contributed by atoms with E-state index in [9.17, 15) is 4.21 Å². The summed E-state index contributed by atoms with van der Waals surface area (Å²) >= 11 is -0.358. The SMILES string of the molecule is Nc1cccc(O[SH]=O)c1. The molecule has 0 spiro atoms. The van der Waals surface area contributed by atoms with Gasteiger partial charge in [-0.05, 0) is 12.1 Å². The molecule has 0 amide bonds. The van der Waals surface area contributed by atoms with Gasteiger partial charge in [-0.1, -0.05) is 6.07 Å². The highest BCUT2D eigenvalue weighted by Gasteiger charge is 1.90. The van der Waals surface area contributed by atoms with E-state index in [0.29, 0.717) is 11.4 Å². The Kier molecular flexibility index (Phi) is 2.28. The molecule has 0 unspecified atom stereocenters. The van der Waals surface area contributed by atoms with E-state index in [1.807, 2.05) is 0 Å². The number of anilines is 1. The van der Waals surface area contributed by atoms with E-state index in [2.05, 4.69) is 4.18 Å². The van der Waals surface area contributed by atoms with E-state index < -0.39 is 0 Å². The van der Waals surface area contributed by atoms with Crippen molar-refractivity contribution in [2.45, 2.75) is 0 Å². The maximum absolute atomic E-state index is 9.92. The van der Waals surface area contributed by atoms with Gasteiger partial charge in [-0.15, -0.1) is 0 Å². The summed E-state index contributed by atoms with van der Waals surface area (Å²) in [6, 6.07) is 6.75. The Bertz CT molecular complexity index is 239. The second kappa shape index (κ2) is 3.22. The van der Waals surface area contributed by atoms with Crippen molar-refractivity contribution >= 4 is 17.6 Å². The lowest BCUT2D eigenvalue weighted by Gasteiger charge is -1.96. The van der Waals surface area contributed by atoms with Crippen LogP contribution in [0.25, 0.3) is 0 Å². The maximum Gasteiger partial charge on any atom is 0.193 e. The highest BCUT2D eigenvalue weighted by molar-refractivity contribution is 7.60. The van der Waals surface area contributed by atoms with E-state index in [-0.39, 0.29) is 11.9 Å². The Labute approximate surface area is 62.5 Å². The summed E-state index contributed by atoms with van der Waals surface area (Å²) in [5, 5.41) is 0. The van der Waals surface area contributed by atoms with Gasteiger partial charge in [0.2, 0.25) is 0 Å². The molecule has 1 aromatic rings. The molecule has 0 aliphatic rings. The van der Waals surface area contributed by atoms with Crippen LogP contribution in [0.15, 0.2) is 24.3 Å². The normalized spacial score (nSPS) is 9.20. The van der Waals surface area contributed by atoms with Gasteiger partial charge in [0.15, 0.2) is 11.9 Å². The first kappa shape index (κ1) is 7.08. The molecule has 0 saturated heterocycles. The number of thiol groups is 1. The van der Waals surface area contributed by atoms with Crippen molar-refractivity contribution in [3.63, 3.8) is 0 Å². The molecule has 0 heterocycles. The van der Waals surface area contributed by atoms with Gasteiger partial charge in [-0.25, -0.2) is 4.21 Å². The van der Waals surface area contributed by atoms with Gasteiger partial charge >= 0.3 is 0 Å². The molecular formula is C6H7NO2S. The fraction of sp³-hybridized carbons (Fsp3) is 0. The van der Waals surface area contributed by atoms with E-state index in [0.717, 1.165) is 0 Å². The fourth-order valence-electron chi connectivity index (χ4n) is 0.614. The van der Waals surface area contributed by atoms with Crippen LogP contribution in [-0.2, 0) is 11.9 Å². The van der Waals surface area contributed by atoms with Gasteiger partial charge in [0.25, 0.3) is 0 Å². The molecule has 4 heteroatoms. The zero-order valence-electron chi connectivity index (χ0n) is 5.15. The van der Waals surface area contributed by atoms with Gasteiger partial charge in [0.1, 0.15) is 5.75 Å². The molecule has 0 saturated carbocycles. The van der Waals surface area contributed by atoms with Crippen molar-refractivity contribution in [3.05, 3.63) is 24.3 Å². The highest BCUT2D eigenvalue weighted by atomic mass is 32.2. The second-order valence-corrected chi connectivity index (χ2v) is 2.07. The van der Waals surface area contributed by atoms with Crippen LogP contribution in [-0.4, -0.2) is 4.21 Å². The lowest BCUT2D eigenvalue weighted by molar-refractivity contribution is 0.582. The van der Waals surface area contributed by atoms with E-state index in [1.54, 1.807) is 24.3 Å². The third kappa shape index (κ3) is 1.73. The fourth-order valence-corrected chi connectivity index (χ4v) is 0.814. The third-order valence-corrected chi connectivity index (χ3v) is 1.29. The van der Waals surface area contributed by atoms with Crippen LogP contribution in [0.3, 0.4) is 0 Å². The molecule has 10 heavy (non-hydrogen) atoms. The number of nitrogens with two attached hydrogens (primary N) is 1. The smallest absolute Gasteiger partial charge is 0.193 e. The minimum absolute atomic E-state index is 0.358. The van der Waals surface area contributed by atoms with Crippen LogP contribution in [0, 0.1) is 0 Å². The predicted molar refractivity (Wildman–Crippen MR) is 41.0 cm³/mol. The lowest BCUT2D eigenvalue weighted by Crippen LogP contribution is -1.87. The lowest BCUT2D eigenvalue weighted by atomic mass is 10.3. The Morgan fingerprint density at radius 2 is 2.30 bits per heavy atom. The molecule has 0 aromatic heterocycles. The quantitative estimate of drug-likeness (QED) is 0.485. The zero-order valence-corrected chi connectivity index (χ0v) is 6.04. The summed E-state index contributed by atoms with van der Waals surface area (Å²) in [7, 11) is 0. The minimum Gasteiger partial charge on any atom is -0.403 e. The number of nitrogen functional groups attached to an aromatic ring is 1. The van der Waals surface area contributed by atoms with E-state index in [4.69, 9.17) is 5.73 Å². The van der Waals surface area contributed by atoms with Crippen LogP contribution in [0.1, 0.15) is 0 Å². The molecule has 2 N–H and O–H groups in total. The average Bonchev–Trinajstić information content (AvgIpc) is 1.88. The molecular weight excluding hydrogens is 150 g/mol. The van der Waals surface area contributed by atoms with Crippen molar-refractivity contribution in [1.82, 2.24) is 0 Å². The van der Waals surface area contributed by atoms with Crippen LogP contribution in [0.4, 0.5) is 5.69 Å². The summed E-state index contributed by atoms with van der Waals surface area (Å²) < 4.78 is 14.5. The van der Waals surface area contributed by atoms with Crippen molar-refractivity contribution in [3.8, 4) is 5.75 Å². The average molecular weight is 157 g/mol. The highest BCUT2D eigenvalue weighted by Crippen LogP contribution is 2.13. The molecule has 54 valence electrons. The van der Waals surface area contributed by atoms with Crippen LogP contribution in [0.5, 0.6) is 5.75 Å². The van der Waals surface area contributed by atoms with E-state index >= 15 is 0 Å². The maximum atomic E-state index is 9.92. The van der Waals surface area contributed by atoms with E-state index in [1.165, 1.54) is 0 Å². The number of rotatable bonds is 2. The molecule has 3 nitrogen and oxygen atoms in total. The first-order chi connectivity index (χ1) is 4.83. The largest absolute Gasteiger partial charge is 0.403 e. The Hall–Kier alpha value is -1.03. The molecule has 0 aliphatic heterocycles. The van der Waals surface area contributed by atoms with Gasteiger partial charge in [-0.3, -0.25) is 0 Å². The summed E-state index contributed by atoms with van der Waals surface area (Å²) in [5.41, 5.74) is 6.00. The molecule has 0 fully saturated rings. The number of benzene rings is 1. The van der Waals surface area contributed by atoms with Gasteiger partial charge < -0.3 is 9.92 Å². The van der Waals surface area contributed by atoms with Gasteiger partial charge in [0.05, 0.1) is 0 Å². The molecule has 0 aliphatic carbocycles. The molecule has 0 radical (unpaired) electrons.